The first-order valence-electron chi connectivity index (χ1n) is 9.42. The molecule has 1 N–H and O–H groups in total. The molecule has 2 unspecified atom stereocenters. The molecule has 0 radical (unpaired) electrons. The van der Waals surface area contributed by atoms with Crippen LogP contribution < -0.4 is 5.32 Å². The highest BCUT2D eigenvalue weighted by Crippen LogP contribution is 2.35. The van der Waals surface area contributed by atoms with E-state index in [-0.39, 0.29) is 6.09 Å². The zero-order valence-electron chi connectivity index (χ0n) is 15.8. The lowest BCUT2D eigenvalue weighted by atomic mass is 9.73. The molecule has 0 spiro atoms. The molecule has 2 rings (SSSR count). The Morgan fingerprint density at radius 3 is 2.61 bits per heavy atom. The van der Waals surface area contributed by atoms with Gasteiger partial charge in [0.05, 0.1) is 0 Å². The van der Waals surface area contributed by atoms with Gasteiger partial charge in [0.15, 0.2) is 0 Å². The van der Waals surface area contributed by atoms with Crippen LogP contribution in [-0.2, 0) is 4.74 Å². The second kappa shape index (κ2) is 7.42. The molecule has 4 nitrogen and oxygen atoms in total. The van der Waals surface area contributed by atoms with Crippen molar-refractivity contribution in [1.82, 2.24) is 10.2 Å². The van der Waals surface area contributed by atoms with Gasteiger partial charge in [-0.25, -0.2) is 4.79 Å². The molecule has 134 valence electrons. The lowest BCUT2D eigenvalue weighted by Crippen LogP contribution is -2.46. The molecule has 1 aliphatic heterocycles. The van der Waals surface area contributed by atoms with Gasteiger partial charge in [0, 0.05) is 18.6 Å². The normalized spacial score (nSPS) is 28.0. The van der Waals surface area contributed by atoms with E-state index in [9.17, 15) is 4.79 Å². The van der Waals surface area contributed by atoms with Crippen LogP contribution in [0.2, 0.25) is 0 Å². The van der Waals surface area contributed by atoms with Crippen molar-refractivity contribution in [3.05, 3.63) is 0 Å². The second-order valence-corrected chi connectivity index (χ2v) is 9.00. The summed E-state index contributed by atoms with van der Waals surface area (Å²) in [6.45, 7) is 12.4. The number of rotatable bonds is 4. The summed E-state index contributed by atoms with van der Waals surface area (Å²) in [6, 6.07) is 0.955. The molecule has 1 saturated carbocycles. The summed E-state index contributed by atoms with van der Waals surface area (Å²) < 4.78 is 5.55. The number of ether oxygens (including phenoxy) is 1. The average molecular weight is 325 g/mol. The number of nitrogens with zero attached hydrogens (tertiary/aromatic N) is 1. The van der Waals surface area contributed by atoms with Gasteiger partial charge in [-0.05, 0) is 64.8 Å². The SMILES string of the molecule is CC(C)(C)OC(=O)N1CCCC1CCNC1CCCCC1(C)C. The summed E-state index contributed by atoms with van der Waals surface area (Å²) in [5.41, 5.74) is -0.00657. The summed E-state index contributed by atoms with van der Waals surface area (Å²) in [6.07, 6.45) is 8.40. The molecule has 0 bridgehead atoms. The van der Waals surface area contributed by atoms with Crippen LogP contribution in [0.3, 0.4) is 0 Å². The maximum Gasteiger partial charge on any atom is 0.410 e. The first-order valence-corrected chi connectivity index (χ1v) is 9.42. The number of hydrogen-bond donors (Lipinski definition) is 1. The third-order valence-electron chi connectivity index (χ3n) is 5.38. The Hall–Kier alpha value is -0.770. The lowest BCUT2D eigenvalue weighted by molar-refractivity contribution is 0.0218. The Balaban J connectivity index is 1.79. The highest BCUT2D eigenvalue weighted by molar-refractivity contribution is 5.68. The monoisotopic (exact) mass is 324 g/mol. The molecule has 2 atom stereocenters. The zero-order valence-corrected chi connectivity index (χ0v) is 15.8. The zero-order chi connectivity index (χ0) is 17.1. The predicted molar refractivity (Wildman–Crippen MR) is 94.6 cm³/mol. The molecule has 0 aromatic carbocycles. The van der Waals surface area contributed by atoms with E-state index in [1.807, 2.05) is 25.7 Å². The second-order valence-electron chi connectivity index (χ2n) is 9.00. The smallest absolute Gasteiger partial charge is 0.410 e. The summed E-state index contributed by atoms with van der Waals surface area (Å²) in [4.78, 5) is 14.3. The van der Waals surface area contributed by atoms with Crippen molar-refractivity contribution in [2.24, 2.45) is 5.41 Å². The third kappa shape index (κ3) is 5.37. The first-order chi connectivity index (χ1) is 10.7. The maximum atomic E-state index is 12.3. The molecule has 2 aliphatic rings. The van der Waals surface area contributed by atoms with Gasteiger partial charge in [0.25, 0.3) is 0 Å². The molecule has 1 aliphatic carbocycles. The lowest BCUT2D eigenvalue weighted by Gasteiger charge is -2.39. The van der Waals surface area contributed by atoms with E-state index in [0.717, 1.165) is 32.4 Å². The quantitative estimate of drug-likeness (QED) is 0.836. The summed E-state index contributed by atoms with van der Waals surface area (Å²) >= 11 is 0. The van der Waals surface area contributed by atoms with Gasteiger partial charge in [-0.15, -0.1) is 0 Å². The molecule has 0 aromatic heterocycles. The minimum Gasteiger partial charge on any atom is -0.444 e. The topological polar surface area (TPSA) is 41.6 Å². The highest BCUT2D eigenvalue weighted by Gasteiger charge is 2.34. The van der Waals surface area contributed by atoms with Crippen LogP contribution in [0.5, 0.6) is 0 Å². The molecule has 1 heterocycles. The van der Waals surface area contributed by atoms with Crippen molar-refractivity contribution in [1.29, 1.82) is 0 Å². The molecule has 1 amide bonds. The number of likely N-dealkylation sites (tertiary alicyclic amines) is 1. The van der Waals surface area contributed by atoms with Crippen molar-refractivity contribution in [3.8, 4) is 0 Å². The molecule has 23 heavy (non-hydrogen) atoms. The molecule has 1 saturated heterocycles. The molecule has 4 heteroatoms. The van der Waals surface area contributed by atoms with E-state index in [1.165, 1.54) is 25.7 Å². The van der Waals surface area contributed by atoms with Crippen LogP contribution in [0.4, 0.5) is 4.79 Å². The van der Waals surface area contributed by atoms with Crippen LogP contribution in [0.1, 0.15) is 79.6 Å². The number of amides is 1. The van der Waals surface area contributed by atoms with E-state index >= 15 is 0 Å². The summed E-state index contributed by atoms with van der Waals surface area (Å²) in [7, 11) is 0. The van der Waals surface area contributed by atoms with Gasteiger partial charge in [-0.2, -0.15) is 0 Å². The molecular formula is C19H36N2O2. The van der Waals surface area contributed by atoms with Gasteiger partial charge in [0.2, 0.25) is 0 Å². The Morgan fingerprint density at radius 2 is 1.96 bits per heavy atom. The van der Waals surface area contributed by atoms with Crippen molar-refractivity contribution in [3.63, 3.8) is 0 Å². The van der Waals surface area contributed by atoms with Gasteiger partial charge < -0.3 is 15.0 Å². The fourth-order valence-corrected chi connectivity index (χ4v) is 3.99. The first kappa shape index (κ1) is 18.6. The van der Waals surface area contributed by atoms with E-state index in [0.29, 0.717) is 17.5 Å². The van der Waals surface area contributed by atoms with Crippen molar-refractivity contribution >= 4 is 6.09 Å². The Kier molecular flexibility index (Phi) is 5.99. The number of carbonyl (C=O) groups is 1. The Labute approximate surface area is 142 Å². The molecule has 2 fully saturated rings. The third-order valence-corrected chi connectivity index (χ3v) is 5.38. The summed E-state index contributed by atoms with van der Waals surface area (Å²) in [5, 5.41) is 3.77. The van der Waals surface area contributed by atoms with E-state index in [1.54, 1.807) is 0 Å². The fraction of sp³-hybridized carbons (Fsp3) is 0.947. The van der Waals surface area contributed by atoms with Crippen LogP contribution in [0, 0.1) is 5.41 Å². The minimum absolute atomic E-state index is 0.141. The fourth-order valence-electron chi connectivity index (χ4n) is 3.99. The standard InChI is InChI=1S/C19H36N2O2/c1-18(2,3)23-17(22)21-14-8-9-15(21)11-13-20-16-10-6-7-12-19(16,4)5/h15-16,20H,6-14H2,1-5H3. The largest absolute Gasteiger partial charge is 0.444 e. The van der Waals surface area contributed by atoms with E-state index in [4.69, 9.17) is 4.74 Å². The Morgan fingerprint density at radius 1 is 1.22 bits per heavy atom. The van der Waals surface area contributed by atoms with Gasteiger partial charge in [-0.1, -0.05) is 26.7 Å². The van der Waals surface area contributed by atoms with Crippen molar-refractivity contribution < 1.29 is 9.53 Å². The number of carbonyl (C=O) groups excluding carboxylic acids is 1. The minimum atomic E-state index is -0.408. The van der Waals surface area contributed by atoms with Crippen LogP contribution in [0.15, 0.2) is 0 Å². The van der Waals surface area contributed by atoms with Crippen molar-refractivity contribution in [2.45, 2.75) is 97.2 Å². The number of hydrogen-bond acceptors (Lipinski definition) is 3. The van der Waals surface area contributed by atoms with E-state index in [2.05, 4.69) is 19.2 Å². The highest BCUT2D eigenvalue weighted by atomic mass is 16.6. The van der Waals surface area contributed by atoms with Crippen molar-refractivity contribution in [2.75, 3.05) is 13.1 Å². The van der Waals surface area contributed by atoms with E-state index < -0.39 is 5.60 Å². The van der Waals surface area contributed by atoms with Gasteiger partial charge >= 0.3 is 6.09 Å². The molecule has 0 aromatic rings. The van der Waals surface area contributed by atoms with Gasteiger partial charge in [0.1, 0.15) is 5.60 Å². The summed E-state index contributed by atoms with van der Waals surface area (Å²) in [5.74, 6) is 0. The van der Waals surface area contributed by atoms with Crippen LogP contribution in [0.25, 0.3) is 0 Å². The van der Waals surface area contributed by atoms with Crippen LogP contribution in [-0.4, -0.2) is 41.8 Å². The maximum absolute atomic E-state index is 12.3. The molecular weight excluding hydrogens is 288 g/mol. The average Bonchev–Trinajstić information content (AvgIpc) is 2.87. The van der Waals surface area contributed by atoms with Crippen LogP contribution >= 0.6 is 0 Å². The number of nitrogens with one attached hydrogen (secondary N) is 1. The van der Waals surface area contributed by atoms with Gasteiger partial charge in [-0.3, -0.25) is 0 Å². The Bertz CT molecular complexity index is 401. The predicted octanol–water partition coefficient (Wildman–Crippen LogP) is 4.33.